The molecule has 2 aliphatic rings. The Balaban J connectivity index is 1.22. The van der Waals surface area contributed by atoms with Gasteiger partial charge in [0.15, 0.2) is 0 Å². The monoisotopic (exact) mass is 788 g/mol. The fourth-order valence-corrected chi connectivity index (χ4v) is 7.24. The van der Waals surface area contributed by atoms with Gasteiger partial charge >= 0.3 is 5.97 Å². The van der Waals surface area contributed by atoms with Gasteiger partial charge in [0.05, 0.1) is 41.0 Å². The van der Waals surface area contributed by atoms with Crippen molar-refractivity contribution in [1.82, 2.24) is 15.2 Å². The third kappa shape index (κ3) is 9.70. The van der Waals surface area contributed by atoms with Crippen LogP contribution in [0.1, 0.15) is 67.5 Å². The van der Waals surface area contributed by atoms with Crippen LogP contribution in [0.3, 0.4) is 0 Å². The zero-order valence-corrected chi connectivity index (χ0v) is 32.7. The van der Waals surface area contributed by atoms with Gasteiger partial charge in [0.25, 0.3) is 0 Å². The number of benzene rings is 3. The number of nitrogens with zero attached hydrogens (tertiary/aromatic N) is 3. The molecule has 2 heterocycles. The van der Waals surface area contributed by atoms with Crippen molar-refractivity contribution in [2.24, 2.45) is 0 Å². The summed E-state index contributed by atoms with van der Waals surface area (Å²) >= 11 is 13.9. The van der Waals surface area contributed by atoms with Gasteiger partial charge in [-0.05, 0) is 74.9 Å². The molecule has 55 heavy (non-hydrogen) atoms. The Bertz CT molecular complexity index is 2030. The lowest BCUT2D eigenvalue weighted by Crippen LogP contribution is -2.53. The first-order chi connectivity index (χ1) is 26.5. The second kappa shape index (κ2) is 18.0. The summed E-state index contributed by atoms with van der Waals surface area (Å²) in [5.74, 6) is 0.895. The van der Waals surface area contributed by atoms with E-state index in [9.17, 15) is 20.3 Å². The highest BCUT2D eigenvalue weighted by molar-refractivity contribution is 6.35. The predicted molar refractivity (Wildman–Crippen MR) is 209 cm³/mol. The fraction of sp³-hybridized carbons (Fsp3) is 0.405. The van der Waals surface area contributed by atoms with Crippen molar-refractivity contribution < 1.29 is 34.0 Å². The summed E-state index contributed by atoms with van der Waals surface area (Å²) in [7, 11) is 0. The number of aliphatic hydroxyl groups is 2. The number of carbonyl (C=O) groups is 1. The lowest BCUT2D eigenvalue weighted by Gasteiger charge is -2.35. The molecule has 0 bridgehead atoms. The first-order valence-electron chi connectivity index (χ1n) is 18.4. The summed E-state index contributed by atoms with van der Waals surface area (Å²) in [5, 5.41) is 33.1. The molecular formula is C42H46Cl2N4O7. The van der Waals surface area contributed by atoms with Crippen molar-refractivity contribution in [2.45, 2.75) is 77.0 Å². The van der Waals surface area contributed by atoms with Gasteiger partial charge in [-0.3, -0.25) is 15.2 Å². The zero-order chi connectivity index (χ0) is 39.1. The molecule has 290 valence electrons. The number of carbonyl (C=O) groups excluding carboxylic acids is 1. The Kier molecular flexibility index (Phi) is 13.2. The summed E-state index contributed by atoms with van der Waals surface area (Å²) in [5.41, 5.74) is 4.40. The van der Waals surface area contributed by atoms with Crippen LogP contribution in [0.15, 0.2) is 67.0 Å². The van der Waals surface area contributed by atoms with Gasteiger partial charge in [-0.1, -0.05) is 53.5 Å². The minimum Gasteiger partial charge on any atom is -0.492 e. The lowest BCUT2D eigenvalue weighted by molar-refractivity contribution is -0.156. The smallest absolute Gasteiger partial charge is 0.328 e. The van der Waals surface area contributed by atoms with E-state index in [2.05, 4.69) is 33.4 Å². The molecule has 0 unspecified atom stereocenters. The standard InChI is InChI=1S/C42H46Cl2N4O7/c1-26(2)54-41(51)42(3,25-49)47-21-29-16-35(43)39(17-38(29)53-24-28-15-27(18-45)19-46-20-28)55-36-12-11-32-31(7-4-8-33(32)36)34-9-5-10-37(40(34)44)52-14-6-13-48-22-30(50)23-48/h4-5,7-10,15-17,19-20,26,30,36,47,49-50H,6,11-14,21-25H2,1-3H3/t36-,42-/m0/s1. The normalized spacial score (nSPS) is 16.5. The zero-order valence-electron chi connectivity index (χ0n) is 31.2. The summed E-state index contributed by atoms with van der Waals surface area (Å²) in [6.45, 7) is 7.59. The average Bonchev–Trinajstić information content (AvgIpc) is 3.58. The molecule has 1 aromatic heterocycles. The minimum absolute atomic E-state index is 0.102. The largest absolute Gasteiger partial charge is 0.492 e. The Labute approximate surface area is 331 Å². The molecule has 0 saturated carbocycles. The van der Waals surface area contributed by atoms with E-state index in [1.54, 1.807) is 45.2 Å². The van der Waals surface area contributed by atoms with E-state index >= 15 is 0 Å². The quantitative estimate of drug-likeness (QED) is 0.0766. The summed E-state index contributed by atoms with van der Waals surface area (Å²) in [6.07, 6.45) is 4.53. The highest BCUT2D eigenvalue weighted by Gasteiger charge is 2.35. The maximum atomic E-state index is 12.9. The van der Waals surface area contributed by atoms with E-state index in [0.29, 0.717) is 70.1 Å². The van der Waals surface area contributed by atoms with Gasteiger partial charge in [-0.15, -0.1) is 0 Å². The van der Waals surface area contributed by atoms with E-state index in [0.717, 1.165) is 41.6 Å². The van der Waals surface area contributed by atoms with Crippen molar-refractivity contribution in [1.29, 1.82) is 5.26 Å². The molecule has 0 spiro atoms. The molecule has 13 heteroatoms. The van der Waals surface area contributed by atoms with Crippen LogP contribution in [0.2, 0.25) is 10.0 Å². The number of nitrogens with one attached hydrogen (secondary N) is 1. The number of aliphatic hydroxyl groups excluding tert-OH is 2. The molecule has 1 saturated heterocycles. The number of esters is 1. The van der Waals surface area contributed by atoms with E-state index in [-0.39, 0.29) is 31.5 Å². The topological polar surface area (TPSA) is 146 Å². The van der Waals surface area contributed by atoms with Gasteiger partial charge in [0.1, 0.15) is 41.6 Å². The lowest BCUT2D eigenvalue weighted by atomic mass is 9.96. The van der Waals surface area contributed by atoms with E-state index < -0.39 is 18.1 Å². The van der Waals surface area contributed by atoms with Crippen LogP contribution in [-0.2, 0) is 29.1 Å². The molecule has 3 N–H and O–H groups in total. The van der Waals surface area contributed by atoms with Crippen LogP contribution in [0.4, 0.5) is 0 Å². The second-order valence-electron chi connectivity index (χ2n) is 14.4. The molecule has 11 nitrogen and oxygen atoms in total. The molecule has 1 fully saturated rings. The molecular weight excluding hydrogens is 743 g/mol. The fourth-order valence-electron chi connectivity index (χ4n) is 6.72. The highest BCUT2D eigenvalue weighted by Crippen LogP contribution is 2.45. The van der Waals surface area contributed by atoms with E-state index in [1.165, 1.54) is 6.20 Å². The Morgan fingerprint density at radius 2 is 1.85 bits per heavy atom. The second-order valence-corrected chi connectivity index (χ2v) is 15.2. The number of nitriles is 1. The van der Waals surface area contributed by atoms with Crippen LogP contribution in [0.5, 0.6) is 17.2 Å². The van der Waals surface area contributed by atoms with Crippen molar-refractivity contribution in [3.63, 3.8) is 0 Å². The number of rotatable bonds is 17. The van der Waals surface area contributed by atoms with Crippen LogP contribution < -0.4 is 19.5 Å². The summed E-state index contributed by atoms with van der Waals surface area (Å²) in [4.78, 5) is 19.2. The van der Waals surface area contributed by atoms with E-state index in [1.807, 2.05) is 24.3 Å². The van der Waals surface area contributed by atoms with Crippen molar-refractivity contribution in [3.05, 3.63) is 105 Å². The summed E-state index contributed by atoms with van der Waals surface area (Å²) < 4.78 is 24.4. The molecule has 4 aromatic rings. The van der Waals surface area contributed by atoms with Crippen molar-refractivity contribution >= 4 is 29.2 Å². The molecule has 2 atom stereocenters. The van der Waals surface area contributed by atoms with Gasteiger partial charge in [-0.25, -0.2) is 4.79 Å². The average molecular weight is 790 g/mol. The van der Waals surface area contributed by atoms with Gasteiger partial charge in [0.2, 0.25) is 0 Å². The number of fused-ring (bicyclic) bond motifs is 1. The molecule has 1 aliphatic carbocycles. The Morgan fingerprint density at radius 1 is 1.07 bits per heavy atom. The predicted octanol–water partition coefficient (Wildman–Crippen LogP) is 6.81. The van der Waals surface area contributed by atoms with Crippen LogP contribution in [0.25, 0.3) is 11.1 Å². The van der Waals surface area contributed by atoms with Crippen LogP contribution in [0, 0.1) is 11.3 Å². The van der Waals surface area contributed by atoms with Gasteiger partial charge in [0, 0.05) is 61.3 Å². The van der Waals surface area contributed by atoms with Crippen molar-refractivity contribution in [2.75, 3.05) is 32.8 Å². The number of ether oxygens (including phenoxy) is 4. The number of hydrogen-bond acceptors (Lipinski definition) is 11. The van der Waals surface area contributed by atoms with Gasteiger partial charge in [-0.2, -0.15) is 5.26 Å². The minimum atomic E-state index is -1.38. The summed E-state index contributed by atoms with van der Waals surface area (Å²) in [6, 6.07) is 19.2. The number of halogens is 2. The number of likely N-dealkylation sites (tertiary alicyclic amines) is 1. The highest BCUT2D eigenvalue weighted by atomic mass is 35.5. The van der Waals surface area contributed by atoms with Crippen molar-refractivity contribution in [3.8, 4) is 34.4 Å². The number of aromatic nitrogens is 1. The molecule has 0 radical (unpaired) electrons. The van der Waals surface area contributed by atoms with E-state index in [4.69, 9.17) is 42.1 Å². The Morgan fingerprint density at radius 3 is 2.60 bits per heavy atom. The molecule has 1 aliphatic heterocycles. The third-order valence-electron chi connectivity index (χ3n) is 9.76. The SMILES string of the molecule is CC(C)OC(=O)[C@](C)(CO)NCc1cc(Cl)c(O[C@H]2CCc3c(-c4cccc(OCCCN5CC(O)C5)c4Cl)cccc32)cc1OCc1cncc(C#N)c1. The number of pyridine rings is 1. The Hall–Kier alpha value is -4.41. The third-order valence-corrected chi connectivity index (χ3v) is 10.4. The maximum absolute atomic E-state index is 12.9. The van der Waals surface area contributed by atoms with Crippen LogP contribution in [-0.4, -0.2) is 76.7 Å². The first kappa shape index (κ1) is 40.3. The maximum Gasteiger partial charge on any atom is 0.328 e. The van der Waals surface area contributed by atoms with Gasteiger partial charge < -0.3 is 29.2 Å². The van der Waals surface area contributed by atoms with Crippen LogP contribution >= 0.6 is 23.2 Å². The number of hydrogen-bond donors (Lipinski definition) is 3. The number of β-amino-alcohol motifs (C(OH)–C–C–N with tert-alkyl or cyclic N) is 1. The molecule has 0 amide bonds. The molecule has 6 rings (SSSR count). The molecule has 3 aromatic carbocycles. The first-order valence-corrected chi connectivity index (χ1v) is 19.2.